The van der Waals surface area contributed by atoms with Gasteiger partial charge in [0.25, 0.3) is 0 Å². The van der Waals surface area contributed by atoms with Crippen molar-refractivity contribution in [1.82, 2.24) is 14.5 Å². The van der Waals surface area contributed by atoms with Gasteiger partial charge in [0.05, 0.1) is 19.1 Å². The lowest BCUT2D eigenvalue weighted by Crippen LogP contribution is -2.48. The Balaban J connectivity index is 1.26. The van der Waals surface area contributed by atoms with Crippen LogP contribution in [0.4, 0.5) is 0 Å². The Morgan fingerprint density at radius 1 is 0.914 bits per heavy atom. The lowest BCUT2D eigenvalue weighted by Gasteiger charge is -2.35. The summed E-state index contributed by atoms with van der Waals surface area (Å²) in [6, 6.07) is 18.4. The molecule has 1 amide bonds. The summed E-state index contributed by atoms with van der Waals surface area (Å²) >= 11 is 0. The van der Waals surface area contributed by atoms with Crippen molar-refractivity contribution in [1.29, 1.82) is 0 Å². The van der Waals surface area contributed by atoms with Gasteiger partial charge in [-0.25, -0.2) is 13.1 Å². The second-order valence-corrected chi connectivity index (χ2v) is 10.3. The van der Waals surface area contributed by atoms with Gasteiger partial charge < -0.3 is 14.4 Å². The zero-order valence-corrected chi connectivity index (χ0v) is 20.9. The molecule has 1 aliphatic heterocycles. The first-order valence-electron chi connectivity index (χ1n) is 11.6. The maximum Gasteiger partial charge on any atom is 0.240 e. The molecule has 9 heteroatoms. The molecule has 0 unspecified atom stereocenters. The predicted octanol–water partition coefficient (Wildman–Crippen LogP) is 2.87. The minimum Gasteiger partial charge on any atom is -0.497 e. The molecule has 1 aliphatic rings. The largest absolute Gasteiger partial charge is 0.497 e. The molecule has 3 aromatic rings. The van der Waals surface area contributed by atoms with E-state index in [2.05, 4.69) is 9.62 Å². The molecular formula is C26H31N3O5S. The number of nitrogens with one attached hydrogen (secondary N) is 1. The van der Waals surface area contributed by atoms with Crippen LogP contribution in [0.3, 0.4) is 0 Å². The smallest absolute Gasteiger partial charge is 0.240 e. The van der Waals surface area contributed by atoms with Crippen molar-refractivity contribution in [3.05, 3.63) is 66.2 Å². The molecule has 0 aliphatic carbocycles. The summed E-state index contributed by atoms with van der Waals surface area (Å²) in [5.41, 5.74) is 1.04. The van der Waals surface area contributed by atoms with Gasteiger partial charge in [0, 0.05) is 51.3 Å². The highest BCUT2D eigenvalue weighted by molar-refractivity contribution is 7.89. The lowest BCUT2D eigenvalue weighted by molar-refractivity contribution is -0.132. The number of piperazine rings is 1. The van der Waals surface area contributed by atoms with E-state index in [1.807, 2.05) is 42.5 Å². The summed E-state index contributed by atoms with van der Waals surface area (Å²) in [4.78, 5) is 16.9. The molecule has 0 aromatic heterocycles. The number of ether oxygens (including phenoxy) is 2. The standard InChI is InChI=1S/C26H31N3O5S/c1-33-23-8-10-25(34-2)22(17-23)19-28-13-15-29(16-14-28)26(30)11-12-27-35(31,32)24-9-7-20-5-3-4-6-21(20)18-24/h3-10,17-18,27H,11-16,19H2,1-2H3. The van der Waals surface area contributed by atoms with E-state index in [1.54, 1.807) is 37.3 Å². The van der Waals surface area contributed by atoms with E-state index in [0.29, 0.717) is 19.6 Å². The fraction of sp³-hybridized carbons (Fsp3) is 0.346. The summed E-state index contributed by atoms with van der Waals surface area (Å²) in [5, 5.41) is 1.83. The molecule has 0 radical (unpaired) electrons. The van der Waals surface area contributed by atoms with E-state index in [1.165, 1.54) is 0 Å². The number of carbonyl (C=O) groups excluding carboxylic acids is 1. The van der Waals surface area contributed by atoms with Crippen molar-refractivity contribution in [3.8, 4) is 11.5 Å². The second-order valence-electron chi connectivity index (χ2n) is 8.49. The van der Waals surface area contributed by atoms with Crippen LogP contribution in [-0.4, -0.2) is 71.1 Å². The van der Waals surface area contributed by atoms with E-state index in [4.69, 9.17) is 9.47 Å². The normalized spacial score (nSPS) is 14.7. The first-order valence-corrected chi connectivity index (χ1v) is 13.1. The van der Waals surface area contributed by atoms with Gasteiger partial charge in [-0.2, -0.15) is 0 Å². The third-order valence-corrected chi connectivity index (χ3v) is 7.73. The minimum absolute atomic E-state index is 0.0511. The van der Waals surface area contributed by atoms with Gasteiger partial charge in [0.2, 0.25) is 15.9 Å². The molecule has 3 aromatic carbocycles. The third-order valence-electron chi connectivity index (χ3n) is 6.27. The fourth-order valence-corrected chi connectivity index (χ4v) is 5.34. The van der Waals surface area contributed by atoms with Gasteiger partial charge in [0.1, 0.15) is 11.5 Å². The number of rotatable bonds is 9. The topological polar surface area (TPSA) is 88.2 Å². The quantitative estimate of drug-likeness (QED) is 0.489. The Hall–Kier alpha value is -3.14. The van der Waals surface area contributed by atoms with Gasteiger partial charge in [-0.3, -0.25) is 9.69 Å². The average molecular weight is 498 g/mol. The molecule has 4 rings (SSSR count). The van der Waals surface area contributed by atoms with Crippen LogP contribution in [0.1, 0.15) is 12.0 Å². The van der Waals surface area contributed by atoms with E-state index in [-0.39, 0.29) is 23.8 Å². The number of nitrogens with zero attached hydrogens (tertiary/aromatic N) is 2. The summed E-state index contributed by atoms with van der Waals surface area (Å²) in [6.45, 7) is 3.43. The Kier molecular flexibility index (Phi) is 7.90. The predicted molar refractivity (Wildman–Crippen MR) is 135 cm³/mol. The molecule has 1 saturated heterocycles. The van der Waals surface area contributed by atoms with Gasteiger partial charge in [0.15, 0.2) is 0 Å². The van der Waals surface area contributed by atoms with Crippen LogP contribution in [0.2, 0.25) is 0 Å². The molecule has 8 nitrogen and oxygen atoms in total. The minimum atomic E-state index is -3.68. The highest BCUT2D eigenvalue weighted by Crippen LogP contribution is 2.25. The van der Waals surface area contributed by atoms with Gasteiger partial charge in [-0.05, 0) is 41.1 Å². The van der Waals surface area contributed by atoms with Crippen molar-refractivity contribution < 1.29 is 22.7 Å². The molecule has 0 spiro atoms. The molecule has 0 bridgehead atoms. The SMILES string of the molecule is COc1ccc(OC)c(CN2CCN(C(=O)CCNS(=O)(=O)c3ccc4ccccc4c3)CC2)c1. The molecule has 1 N–H and O–H groups in total. The summed E-state index contributed by atoms with van der Waals surface area (Å²) < 4.78 is 38.7. The van der Waals surface area contributed by atoms with Crippen LogP contribution in [0.15, 0.2) is 65.6 Å². The molecule has 1 fully saturated rings. The molecule has 0 atom stereocenters. The average Bonchev–Trinajstić information content (AvgIpc) is 2.88. The molecular weight excluding hydrogens is 466 g/mol. The van der Waals surface area contributed by atoms with E-state index < -0.39 is 10.0 Å². The van der Waals surface area contributed by atoms with Crippen molar-refractivity contribution >= 4 is 26.7 Å². The van der Waals surface area contributed by atoms with Crippen LogP contribution in [-0.2, 0) is 21.4 Å². The van der Waals surface area contributed by atoms with Crippen LogP contribution in [0.25, 0.3) is 10.8 Å². The van der Waals surface area contributed by atoms with E-state index >= 15 is 0 Å². The summed E-state index contributed by atoms with van der Waals surface area (Å²) in [7, 11) is -0.399. The molecule has 186 valence electrons. The highest BCUT2D eigenvalue weighted by atomic mass is 32.2. The Morgan fingerprint density at radius 2 is 1.66 bits per heavy atom. The van der Waals surface area contributed by atoms with Crippen LogP contribution in [0.5, 0.6) is 11.5 Å². The molecule has 1 heterocycles. The van der Waals surface area contributed by atoms with Crippen molar-refractivity contribution in [2.45, 2.75) is 17.9 Å². The van der Waals surface area contributed by atoms with Gasteiger partial charge in [-0.15, -0.1) is 0 Å². The summed E-state index contributed by atoms with van der Waals surface area (Å²) in [6.07, 6.45) is 0.122. The number of benzene rings is 3. The zero-order valence-electron chi connectivity index (χ0n) is 20.1. The Morgan fingerprint density at radius 3 is 2.37 bits per heavy atom. The number of amides is 1. The number of carbonyl (C=O) groups is 1. The van der Waals surface area contributed by atoms with Crippen LogP contribution in [0, 0.1) is 0 Å². The van der Waals surface area contributed by atoms with Crippen LogP contribution >= 0.6 is 0 Å². The first kappa shape index (κ1) is 25.0. The number of fused-ring (bicyclic) bond motifs is 1. The monoisotopic (exact) mass is 497 g/mol. The van der Waals surface area contributed by atoms with E-state index in [0.717, 1.165) is 40.9 Å². The zero-order chi connectivity index (χ0) is 24.8. The highest BCUT2D eigenvalue weighted by Gasteiger charge is 2.23. The number of sulfonamides is 1. The second kappa shape index (κ2) is 11.1. The lowest BCUT2D eigenvalue weighted by atomic mass is 10.1. The number of hydrogen-bond acceptors (Lipinski definition) is 6. The van der Waals surface area contributed by atoms with Crippen molar-refractivity contribution in [2.24, 2.45) is 0 Å². The van der Waals surface area contributed by atoms with E-state index in [9.17, 15) is 13.2 Å². The van der Waals surface area contributed by atoms with Crippen molar-refractivity contribution in [2.75, 3.05) is 46.9 Å². The maximum absolute atomic E-state index is 12.7. The van der Waals surface area contributed by atoms with Crippen LogP contribution < -0.4 is 14.2 Å². The van der Waals surface area contributed by atoms with Gasteiger partial charge in [-0.1, -0.05) is 30.3 Å². The third kappa shape index (κ3) is 6.11. The Labute approximate surface area is 206 Å². The summed E-state index contributed by atoms with van der Waals surface area (Å²) in [5.74, 6) is 1.54. The molecule has 35 heavy (non-hydrogen) atoms. The Bertz CT molecular complexity index is 1290. The number of methoxy groups -OCH3 is 2. The fourth-order valence-electron chi connectivity index (χ4n) is 4.27. The number of hydrogen-bond donors (Lipinski definition) is 1. The van der Waals surface area contributed by atoms with Gasteiger partial charge >= 0.3 is 0 Å². The molecule has 0 saturated carbocycles. The first-order chi connectivity index (χ1) is 16.9. The maximum atomic E-state index is 12.7. The van der Waals surface area contributed by atoms with Crippen molar-refractivity contribution in [3.63, 3.8) is 0 Å².